The minimum Gasteiger partial charge on any atom is -0.493 e. The first-order valence-electron chi connectivity index (χ1n) is 10.2. The minimum atomic E-state index is -0.115. The lowest BCUT2D eigenvalue weighted by molar-refractivity contribution is -0.115. The zero-order valence-electron chi connectivity index (χ0n) is 18.2. The van der Waals surface area contributed by atoms with Gasteiger partial charge < -0.3 is 9.47 Å². The van der Waals surface area contributed by atoms with Crippen LogP contribution in [0.1, 0.15) is 5.56 Å². The molecule has 0 saturated carbocycles. The lowest BCUT2D eigenvalue weighted by Gasteiger charge is -2.23. The van der Waals surface area contributed by atoms with Crippen LogP contribution in [0.3, 0.4) is 0 Å². The molecule has 0 aliphatic rings. The smallest absolute Gasteiger partial charge is 0.241 e. The molecule has 1 heterocycles. The van der Waals surface area contributed by atoms with Crippen LogP contribution in [0.15, 0.2) is 83.9 Å². The highest BCUT2D eigenvalue weighted by atomic mass is 32.2. The van der Waals surface area contributed by atoms with Gasteiger partial charge in [0.25, 0.3) is 0 Å². The first-order valence-corrected chi connectivity index (χ1v) is 11.2. The lowest BCUT2D eigenvalue weighted by Crippen LogP contribution is -2.27. The summed E-state index contributed by atoms with van der Waals surface area (Å²) in [4.78, 5) is 19.6. The number of nitrogens with zero attached hydrogens (tertiary/aromatic N) is 3. The molecule has 0 N–H and O–H groups in total. The Labute approximate surface area is 196 Å². The fraction of sp³-hybridized carbons (Fsp3) is 0.115. The van der Waals surface area contributed by atoms with E-state index in [1.54, 1.807) is 37.3 Å². The molecule has 4 rings (SSSR count). The van der Waals surface area contributed by atoms with Crippen molar-refractivity contribution in [2.24, 2.45) is 0 Å². The van der Waals surface area contributed by atoms with Crippen LogP contribution < -0.4 is 14.4 Å². The lowest BCUT2D eigenvalue weighted by atomic mass is 10.1. The summed E-state index contributed by atoms with van der Waals surface area (Å²) in [7, 11) is 3.12. The van der Waals surface area contributed by atoms with E-state index < -0.39 is 0 Å². The van der Waals surface area contributed by atoms with E-state index in [1.165, 1.54) is 11.8 Å². The van der Waals surface area contributed by atoms with Gasteiger partial charge in [0.2, 0.25) is 5.91 Å². The average Bonchev–Trinajstić information content (AvgIpc) is 2.87. The monoisotopic (exact) mass is 455 g/mol. The number of nitriles is 1. The molecular formula is C26H21N3O3S. The first kappa shape index (κ1) is 22.2. The van der Waals surface area contributed by atoms with E-state index in [-0.39, 0.29) is 11.7 Å². The third kappa shape index (κ3) is 4.76. The number of hydrogen-bond acceptors (Lipinski definition) is 6. The van der Waals surface area contributed by atoms with Gasteiger partial charge in [0, 0.05) is 22.8 Å². The fourth-order valence-electron chi connectivity index (χ4n) is 3.46. The maximum Gasteiger partial charge on any atom is 0.241 e. The molecule has 164 valence electrons. The predicted octanol–water partition coefficient (Wildman–Crippen LogP) is 5.58. The molecule has 0 bridgehead atoms. The van der Waals surface area contributed by atoms with Crippen LogP contribution in [0, 0.1) is 11.3 Å². The number of benzene rings is 3. The minimum absolute atomic E-state index is 0.115. The normalized spacial score (nSPS) is 10.5. The summed E-state index contributed by atoms with van der Waals surface area (Å²) < 4.78 is 10.7. The molecule has 7 heteroatoms. The number of ether oxygens (including phenoxy) is 2. The molecule has 0 atom stereocenters. The van der Waals surface area contributed by atoms with Crippen LogP contribution in [-0.2, 0) is 4.79 Å². The standard InChI is InChI=1S/C26H21N3O3S/c1-31-23-14-18-13-19(16-27)26(28-22(18)15-24(23)32-2)33-17-25(30)29(20-9-5-3-6-10-20)21-11-7-4-8-12-21/h3-15H,17H2,1-2H3. The second kappa shape index (κ2) is 10.1. The van der Waals surface area contributed by atoms with Crippen molar-refractivity contribution in [2.45, 2.75) is 5.03 Å². The summed E-state index contributed by atoms with van der Waals surface area (Å²) in [5.74, 6) is 1.11. The maximum atomic E-state index is 13.3. The molecule has 0 unspecified atom stereocenters. The Morgan fingerprint density at radius 3 is 2.06 bits per heavy atom. The summed E-state index contributed by atoms with van der Waals surface area (Å²) >= 11 is 1.24. The van der Waals surface area contributed by atoms with Gasteiger partial charge in [-0.05, 0) is 36.4 Å². The van der Waals surface area contributed by atoms with E-state index in [0.717, 1.165) is 16.8 Å². The molecule has 0 fully saturated rings. The Morgan fingerprint density at radius 1 is 0.939 bits per heavy atom. The van der Waals surface area contributed by atoms with Crippen molar-refractivity contribution in [3.63, 3.8) is 0 Å². The number of rotatable bonds is 7. The molecule has 4 aromatic rings. The van der Waals surface area contributed by atoms with Gasteiger partial charge in [-0.25, -0.2) is 4.98 Å². The van der Waals surface area contributed by atoms with E-state index in [4.69, 9.17) is 9.47 Å². The molecule has 0 radical (unpaired) electrons. The highest BCUT2D eigenvalue weighted by Gasteiger charge is 2.20. The van der Waals surface area contributed by atoms with Crippen LogP contribution >= 0.6 is 11.8 Å². The maximum absolute atomic E-state index is 13.3. The van der Waals surface area contributed by atoms with Crippen molar-refractivity contribution in [1.29, 1.82) is 5.26 Å². The zero-order chi connectivity index (χ0) is 23.2. The Bertz CT molecular complexity index is 1280. The molecule has 0 aliphatic heterocycles. The highest BCUT2D eigenvalue weighted by molar-refractivity contribution is 8.00. The van der Waals surface area contributed by atoms with Gasteiger partial charge in [-0.15, -0.1) is 0 Å². The summed E-state index contributed by atoms with van der Waals surface area (Å²) in [5.41, 5.74) is 2.61. The van der Waals surface area contributed by atoms with E-state index in [2.05, 4.69) is 11.1 Å². The van der Waals surface area contributed by atoms with Crippen LogP contribution in [0.4, 0.5) is 11.4 Å². The van der Waals surface area contributed by atoms with Gasteiger partial charge >= 0.3 is 0 Å². The number of fused-ring (bicyclic) bond motifs is 1. The van der Waals surface area contributed by atoms with Gasteiger partial charge in [0.15, 0.2) is 11.5 Å². The molecule has 3 aromatic carbocycles. The number of para-hydroxylation sites is 2. The van der Waals surface area contributed by atoms with Crippen LogP contribution in [-0.4, -0.2) is 30.9 Å². The van der Waals surface area contributed by atoms with Gasteiger partial charge in [-0.1, -0.05) is 48.2 Å². The summed E-state index contributed by atoms with van der Waals surface area (Å²) in [6, 6.07) is 26.5. The SMILES string of the molecule is COc1cc2cc(C#N)c(SCC(=O)N(c3ccccc3)c3ccccc3)nc2cc1OC. The largest absolute Gasteiger partial charge is 0.493 e. The van der Waals surface area contributed by atoms with Gasteiger partial charge in [0.05, 0.1) is 31.1 Å². The third-order valence-electron chi connectivity index (χ3n) is 5.02. The quantitative estimate of drug-likeness (QED) is 0.339. The summed E-state index contributed by atoms with van der Waals surface area (Å²) in [6.07, 6.45) is 0. The highest BCUT2D eigenvalue weighted by Crippen LogP contribution is 2.34. The number of carbonyl (C=O) groups excluding carboxylic acids is 1. The molecule has 33 heavy (non-hydrogen) atoms. The first-order chi connectivity index (χ1) is 16.1. The number of carbonyl (C=O) groups is 1. The number of anilines is 2. The van der Waals surface area contributed by atoms with Crippen molar-refractivity contribution in [2.75, 3.05) is 24.9 Å². The number of thioether (sulfide) groups is 1. The Kier molecular flexibility index (Phi) is 6.77. The molecule has 0 saturated heterocycles. The Hall–Kier alpha value is -4.02. The third-order valence-corrected chi connectivity index (χ3v) is 5.99. The fourth-order valence-corrected chi connectivity index (χ4v) is 4.27. The predicted molar refractivity (Wildman–Crippen MR) is 130 cm³/mol. The van der Waals surface area contributed by atoms with E-state index in [0.29, 0.717) is 27.6 Å². The number of hydrogen-bond donors (Lipinski definition) is 0. The van der Waals surface area contributed by atoms with Gasteiger partial charge in [-0.2, -0.15) is 5.26 Å². The second-order valence-electron chi connectivity index (χ2n) is 7.04. The van der Waals surface area contributed by atoms with Crippen molar-refractivity contribution < 1.29 is 14.3 Å². The van der Waals surface area contributed by atoms with Crippen molar-refractivity contribution in [3.8, 4) is 17.6 Å². The Morgan fingerprint density at radius 2 is 1.52 bits per heavy atom. The van der Waals surface area contributed by atoms with Gasteiger partial charge in [0.1, 0.15) is 11.1 Å². The van der Waals surface area contributed by atoms with Crippen molar-refractivity contribution >= 4 is 39.9 Å². The molecule has 1 aromatic heterocycles. The number of amides is 1. The van der Waals surface area contributed by atoms with E-state index in [1.807, 2.05) is 60.7 Å². The van der Waals surface area contributed by atoms with Crippen LogP contribution in [0.25, 0.3) is 10.9 Å². The molecule has 0 aliphatic carbocycles. The topological polar surface area (TPSA) is 75.5 Å². The molecule has 6 nitrogen and oxygen atoms in total. The molecule has 0 spiro atoms. The van der Waals surface area contributed by atoms with E-state index in [9.17, 15) is 10.1 Å². The number of pyridine rings is 1. The zero-order valence-corrected chi connectivity index (χ0v) is 19.0. The van der Waals surface area contributed by atoms with Crippen LogP contribution in [0.2, 0.25) is 0 Å². The van der Waals surface area contributed by atoms with E-state index >= 15 is 0 Å². The van der Waals surface area contributed by atoms with Crippen molar-refractivity contribution in [3.05, 3.63) is 84.4 Å². The second-order valence-corrected chi connectivity index (χ2v) is 8.01. The number of methoxy groups -OCH3 is 2. The Balaban J connectivity index is 1.65. The van der Waals surface area contributed by atoms with Crippen LogP contribution in [0.5, 0.6) is 11.5 Å². The van der Waals surface area contributed by atoms with Gasteiger partial charge in [-0.3, -0.25) is 9.69 Å². The molecule has 1 amide bonds. The number of aromatic nitrogens is 1. The molecular weight excluding hydrogens is 434 g/mol. The average molecular weight is 456 g/mol. The summed E-state index contributed by atoms with van der Waals surface area (Å²) in [5, 5.41) is 10.9. The summed E-state index contributed by atoms with van der Waals surface area (Å²) in [6.45, 7) is 0. The van der Waals surface area contributed by atoms with Crippen molar-refractivity contribution in [1.82, 2.24) is 4.98 Å².